The van der Waals surface area contributed by atoms with Crippen LogP contribution in [0.1, 0.15) is 58.8 Å². The smallest absolute Gasteiger partial charge is 0.329 e. The molecule has 92 valence electrons. The molecule has 4 heteroatoms. The van der Waals surface area contributed by atoms with E-state index in [1.165, 1.54) is 13.3 Å². The van der Waals surface area contributed by atoms with E-state index in [-0.39, 0.29) is 11.3 Å². The highest BCUT2D eigenvalue weighted by molar-refractivity contribution is 5.83. The highest BCUT2D eigenvalue weighted by atomic mass is 16.7. The molecular formula is C12H21NO3. The van der Waals surface area contributed by atoms with Crippen molar-refractivity contribution in [3.05, 3.63) is 0 Å². The van der Waals surface area contributed by atoms with Gasteiger partial charge in [-0.15, -0.1) is 0 Å². The van der Waals surface area contributed by atoms with Gasteiger partial charge in [-0.2, -0.15) is 5.48 Å². The molecule has 4 nitrogen and oxygen atoms in total. The summed E-state index contributed by atoms with van der Waals surface area (Å²) >= 11 is 0. The Morgan fingerprint density at radius 2 is 1.88 bits per heavy atom. The van der Waals surface area contributed by atoms with Crippen molar-refractivity contribution >= 4 is 11.9 Å². The zero-order chi connectivity index (χ0) is 12.0. The van der Waals surface area contributed by atoms with Gasteiger partial charge in [-0.3, -0.25) is 9.59 Å². The van der Waals surface area contributed by atoms with Crippen molar-refractivity contribution in [2.45, 2.75) is 58.8 Å². The Hall–Kier alpha value is -1.06. The van der Waals surface area contributed by atoms with Gasteiger partial charge >= 0.3 is 5.97 Å². The van der Waals surface area contributed by atoms with Gasteiger partial charge in [-0.05, 0) is 19.3 Å². The SMILES string of the molecule is CCCC1(C(=O)NOC(C)=O)CCCCC1. The fraction of sp³-hybridized carbons (Fsp3) is 0.833. The molecule has 0 radical (unpaired) electrons. The van der Waals surface area contributed by atoms with Gasteiger partial charge in [-0.1, -0.05) is 32.6 Å². The Kier molecular flexibility index (Phi) is 4.77. The molecule has 1 rings (SSSR count). The second-order valence-corrected chi connectivity index (χ2v) is 4.62. The minimum atomic E-state index is -0.476. The third-order valence-corrected chi connectivity index (χ3v) is 3.31. The van der Waals surface area contributed by atoms with Crippen LogP contribution in [0.2, 0.25) is 0 Å². The Bertz CT molecular complexity index is 251. The van der Waals surface area contributed by atoms with Crippen molar-refractivity contribution in [3.8, 4) is 0 Å². The van der Waals surface area contributed by atoms with Gasteiger partial charge in [0, 0.05) is 6.92 Å². The molecular weight excluding hydrogens is 206 g/mol. The molecule has 16 heavy (non-hydrogen) atoms. The summed E-state index contributed by atoms with van der Waals surface area (Å²) in [6.07, 6.45) is 7.06. The van der Waals surface area contributed by atoms with Crippen molar-refractivity contribution in [1.82, 2.24) is 5.48 Å². The summed E-state index contributed by atoms with van der Waals surface area (Å²) in [6.45, 7) is 3.36. The molecule has 0 unspecified atom stereocenters. The van der Waals surface area contributed by atoms with Crippen LogP contribution in [-0.2, 0) is 14.4 Å². The molecule has 1 fully saturated rings. The maximum Gasteiger partial charge on any atom is 0.329 e. The van der Waals surface area contributed by atoms with Crippen molar-refractivity contribution in [3.63, 3.8) is 0 Å². The van der Waals surface area contributed by atoms with Crippen LogP contribution in [0, 0.1) is 5.41 Å². The van der Waals surface area contributed by atoms with Crippen LogP contribution >= 0.6 is 0 Å². The van der Waals surface area contributed by atoms with Crippen LogP contribution in [0.3, 0.4) is 0 Å². The van der Waals surface area contributed by atoms with Gasteiger partial charge in [-0.25, -0.2) is 0 Å². The third kappa shape index (κ3) is 3.22. The lowest BCUT2D eigenvalue weighted by atomic mass is 9.71. The van der Waals surface area contributed by atoms with Crippen molar-refractivity contribution < 1.29 is 14.4 Å². The van der Waals surface area contributed by atoms with E-state index in [4.69, 9.17) is 0 Å². The van der Waals surface area contributed by atoms with Gasteiger partial charge in [0.25, 0.3) is 5.91 Å². The Morgan fingerprint density at radius 3 is 2.38 bits per heavy atom. The Balaban J connectivity index is 2.60. The molecule has 0 spiro atoms. The maximum atomic E-state index is 12.0. The first-order valence-electron chi connectivity index (χ1n) is 6.08. The van der Waals surface area contributed by atoms with Gasteiger partial charge in [0.2, 0.25) is 0 Å². The molecule has 0 aromatic carbocycles. The van der Waals surface area contributed by atoms with Gasteiger partial charge in [0.05, 0.1) is 5.41 Å². The molecule has 1 aliphatic rings. The molecule has 0 aromatic rings. The summed E-state index contributed by atoms with van der Waals surface area (Å²) in [5, 5.41) is 0. The van der Waals surface area contributed by atoms with E-state index in [1.807, 2.05) is 0 Å². The molecule has 0 saturated heterocycles. The minimum Gasteiger partial charge on any atom is -0.341 e. The number of amides is 1. The van der Waals surface area contributed by atoms with Gasteiger partial charge < -0.3 is 4.84 Å². The lowest BCUT2D eigenvalue weighted by molar-refractivity contribution is -0.161. The minimum absolute atomic E-state index is 0.121. The number of carbonyl (C=O) groups is 2. The van der Waals surface area contributed by atoms with Crippen LogP contribution in [0.4, 0.5) is 0 Å². The average Bonchev–Trinajstić information content (AvgIpc) is 2.27. The zero-order valence-electron chi connectivity index (χ0n) is 10.2. The van der Waals surface area contributed by atoms with Crippen LogP contribution < -0.4 is 5.48 Å². The van der Waals surface area contributed by atoms with Crippen LogP contribution in [-0.4, -0.2) is 11.9 Å². The summed E-state index contributed by atoms with van der Waals surface area (Å²) in [7, 11) is 0. The van der Waals surface area contributed by atoms with E-state index in [1.54, 1.807) is 0 Å². The van der Waals surface area contributed by atoms with E-state index in [2.05, 4.69) is 17.2 Å². The molecule has 1 N–H and O–H groups in total. The Labute approximate surface area is 96.7 Å². The summed E-state index contributed by atoms with van der Waals surface area (Å²) in [6, 6.07) is 0. The predicted molar refractivity (Wildman–Crippen MR) is 60.3 cm³/mol. The molecule has 0 bridgehead atoms. The molecule has 1 saturated carbocycles. The van der Waals surface area contributed by atoms with Gasteiger partial charge in [0.15, 0.2) is 0 Å². The fourth-order valence-electron chi connectivity index (χ4n) is 2.52. The lowest BCUT2D eigenvalue weighted by Crippen LogP contribution is -2.42. The quantitative estimate of drug-likeness (QED) is 0.753. The van der Waals surface area contributed by atoms with E-state index < -0.39 is 5.97 Å². The highest BCUT2D eigenvalue weighted by Crippen LogP contribution is 2.40. The predicted octanol–water partition coefficient (Wildman–Crippen LogP) is 2.33. The number of carbonyl (C=O) groups excluding carboxylic acids is 2. The maximum absolute atomic E-state index is 12.0. The number of hydroxylamine groups is 1. The first kappa shape index (κ1) is 13.0. The summed E-state index contributed by atoms with van der Waals surface area (Å²) in [5.74, 6) is -0.597. The van der Waals surface area contributed by atoms with Crippen LogP contribution in [0.15, 0.2) is 0 Å². The Morgan fingerprint density at radius 1 is 1.25 bits per heavy atom. The highest BCUT2D eigenvalue weighted by Gasteiger charge is 2.38. The molecule has 0 heterocycles. The molecule has 1 amide bonds. The summed E-state index contributed by atoms with van der Waals surface area (Å²) in [5.41, 5.74) is 1.99. The number of nitrogens with one attached hydrogen (secondary N) is 1. The first-order chi connectivity index (χ1) is 7.60. The normalized spacial score (nSPS) is 18.9. The number of hydrogen-bond donors (Lipinski definition) is 1. The average molecular weight is 227 g/mol. The van der Waals surface area contributed by atoms with E-state index in [0.29, 0.717) is 0 Å². The van der Waals surface area contributed by atoms with E-state index in [9.17, 15) is 9.59 Å². The van der Waals surface area contributed by atoms with E-state index in [0.717, 1.165) is 38.5 Å². The summed E-state index contributed by atoms with van der Waals surface area (Å²) < 4.78 is 0. The first-order valence-corrected chi connectivity index (χ1v) is 6.08. The van der Waals surface area contributed by atoms with Crippen molar-refractivity contribution in [1.29, 1.82) is 0 Å². The zero-order valence-corrected chi connectivity index (χ0v) is 10.2. The molecule has 0 atom stereocenters. The van der Waals surface area contributed by atoms with Crippen molar-refractivity contribution in [2.75, 3.05) is 0 Å². The fourth-order valence-corrected chi connectivity index (χ4v) is 2.52. The standard InChI is InChI=1S/C12H21NO3/c1-3-7-12(8-5-4-6-9-12)11(15)13-16-10(2)14/h3-9H2,1-2H3,(H,13,15). The summed E-state index contributed by atoms with van der Waals surface area (Å²) in [4.78, 5) is 27.3. The van der Waals surface area contributed by atoms with Crippen molar-refractivity contribution in [2.24, 2.45) is 5.41 Å². The third-order valence-electron chi connectivity index (χ3n) is 3.31. The van der Waals surface area contributed by atoms with Gasteiger partial charge in [0.1, 0.15) is 0 Å². The molecule has 0 aliphatic heterocycles. The lowest BCUT2D eigenvalue weighted by Gasteiger charge is -2.35. The monoisotopic (exact) mass is 227 g/mol. The molecule has 0 aromatic heterocycles. The number of hydrogen-bond acceptors (Lipinski definition) is 3. The topological polar surface area (TPSA) is 55.4 Å². The second-order valence-electron chi connectivity index (χ2n) is 4.62. The number of rotatable bonds is 3. The van der Waals surface area contributed by atoms with Crippen LogP contribution in [0.5, 0.6) is 0 Å². The molecule has 1 aliphatic carbocycles. The second kappa shape index (κ2) is 5.87. The largest absolute Gasteiger partial charge is 0.341 e. The van der Waals surface area contributed by atoms with Crippen LogP contribution in [0.25, 0.3) is 0 Å². The van der Waals surface area contributed by atoms with E-state index >= 15 is 0 Å².